The fraction of sp³-hybridized carbons (Fsp3) is 0.650. The van der Waals surface area contributed by atoms with E-state index >= 15 is 0 Å². The van der Waals surface area contributed by atoms with Crippen LogP contribution in [0.2, 0.25) is 0 Å². The topological polar surface area (TPSA) is 58.1 Å². The lowest BCUT2D eigenvalue weighted by molar-refractivity contribution is 0.242. The number of likely N-dealkylation sites (tertiary alicyclic amines) is 1. The minimum Gasteiger partial charge on any atom is -0.493 e. The maximum atomic E-state index is 5.42. The number of hydrogen-bond acceptors (Lipinski definition) is 4. The van der Waals surface area contributed by atoms with Crippen LogP contribution in [0.25, 0.3) is 0 Å². The van der Waals surface area contributed by atoms with E-state index in [1.165, 1.54) is 38.6 Å². The smallest absolute Gasteiger partial charge is 0.191 e. The van der Waals surface area contributed by atoms with E-state index in [0.717, 1.165) is 34.3 Å². The summed E-state index contributed by atoms with van der Waals surface area (Å²) in [6.07, 6.45) is 6.70. The average molecular weight is 439 g/mol. The van der Waals surface area contributed by atoms with E-state index in [1.807, 2.05) is 19.2 Å². The summed E-state index contributed by atoms with van der Waals surface area (Å²) in [5.74, 6) is 2.27. The van der Waals surface area contributed by atoms with Gasteiger partial charge in [0.05, 0.1) is 18.7 Å². The van der Waals surface area contributed by atoms with Crippen molar-refractivity contribution in [3.63, 3.8) is 0 Å². The molecule has 1 aliphatic carbocycles. The summed E-state index contributed by atoms with van der Waals surface area (Å²) in [7, 11) is 5.12. The normalized spacial score (nSPS) is 21.5. The van der Waals surface area contributed by atoms with Crippen molar-refractivity contribution in [1.29, 1.82) is 0 Å². The largest absolute Gasteiger partial charge is 0.493 e. The van der Waals surface area contributed by atoms with E-state index in [1.54, 1.807) is 14.2 Å². The highest BCUT2D eigenvalue weighted by molar-refractivity contribution is 9.10. The highest BCUT2D eigenvalue weighted by Gasteiger charge is 2.30. The monoisotopic (exact) mass is 438 g/mol. The highest BCUT2D eigenvalue weighted by Crippen LogP contribution is 2.36. The molecule has 0 spiro atoms. The molecule has 0 radical (unpaired) electrons. The molecule has 0 bridgehead atoms. The Morgan fingerprint density at radius 2 is 2.00 bits per heavy atom. The van der Waals surface area contributed by atoms with Crippen molar-refractivity contribution in [2.45, 2.75) is 50.7 Å². The molecule has 1 aromatic carbocycles. The van der Waals surface area contributed by atoms with Crippen LogP contribution < -0.4 is 20.1 Å². The van der Waals surface area contributed by atoms with Crippen molar-refractivity contribution in [3.05, 3.63) is 22.2 Å². The van der Waals surface area contributed by atoms with Gasteiger partial charge in [0.2, 0.25) is 0 Å². The van der Waals surface area contributed by atoms with E-state index in [4.69, 9.17) is 9.47 Å². The van der Waals surface area contributed by atoms with Gasteiger partial charge < -0.3 is 20.1 Å². The standard InChI is InChI=1S/C20H31BrN4O2/c1-22-20(24-15-8-9-25(13-15)16-6-4-5-7-16)23-12-14-10-17(21)19(27-3)18(11-14)26-2/h10-11,15-16H,4-9,12-13H2,1-3H3,(H2,22,23,24). The van der Waals surface area contributed by atoms with Crippen molar-refractivity contribution in [2.24, 2.45) is 4.99 Å². The van der Waals surface area contributed by atoms with Crippen molar-refractivity contribution in [3.8, 4) is 11.5 Å². The summed E-state index contributed by atoms with van der Waals surface area (Å²) < 4.78 is 11.7. The van der Waals surface area contributed by atoms with Gasteiger partial charge in [-0.15, -0.1) is 0 Å². The van der Waals surface area contributed by atoms with Crippen LogP contribution >= 0.6 is 15.9 Å². The van der Waals surface area contributed by atoms with Gasteiger partial charge in [0, 0.05) is 38.8 Å². The summed E-state index contributed by atoms with van der Waals surface area (Å²) in [5.41, 5.74) is 1.10. The van der Waals surface area contributed by atoms with Gasteiger partial charge >= 0.3 is 0 Å². The molecule has 7 heteroatoms. The van der Waals surface area contributed by atoms with Crippen molar-refractivity contribution < 1.29 is 9.47 Å². The molecule has 1 heterocycles. The van der Waals surface area contributed by atoms with Crippen LogP contribution in [-0.4, -0.2) is 57.3 Å². The van der Waals surface area contributed by atoms with E-state index in [-0.39, 0.29) is 0 Å². The van der Waals surface area contributed by atoms with Gasteiger partial charge in [-0.1, -0.05) is 12.8 Å². The molecular weight excluding hydrogens is 408 g/mol. The van der Waals surface area contributed by atoms with Crippen LogP contribution in [0, 0.1) is 0 Å². The Morgan fingerprint density at radius 3 is 2.67 bits per heavy atom. The van der Waals surface area contributed by atoms with E-state index in [9.17, 15) is 0 Å². The van der Waals surface area contributed by atoms with Crippen LogP contribution in [0.1, 0.15) is 37.7 Å². The number of ether oxygens (including phenoxy) is 2. The molecule has 2 N–H and O–H groups in total. The first kappa shape index (κ1) is 20.3. The van der Waals surface area contributed by atoms with Gasteiger partial charge in [-0.3, -0.25) is 9.89 Å². The van der Waals surface area contributed by atoms with Crippen LogP contribution in [0.15, 0.2) is 21.6 Å². The van der Waals surface area contributed by atoms with Crippen molar-refractivity contribution >= 4 is 21.9 Å². The van der Waals surface area contributed by atoms with Crippen molar-refractivity contribution in [2.75, 3.05) is 34.4 Å². The van der Waals surface area contributed by atoms with E-state index < -0.39 is 0 Å². The Bertz CT molecular complexity index is 662. The number of aliphatic imine (C=N–C) groups is 1. The third kappa shape index (κ3) is 5.08. The number of methoxy groups -OCH3 is 2. The van der Waals surface area contributed by atoms with Gasteiger partial charge in [-0.25, -0.2) is 0 Å². The molecule has 150 valence electrons. The fourth-order valence-electron chi connectivity index (χ4n) is 4.15. The Balaban J connectivity index is 1.53. The number of hydrogen-bond donors (Lipinski definition) is 2. The second-order valence-corrected chi connectivity index (χ2v) is 8.16. The number of guanidine groups is 1. The van der Waals surface area contributed by atoms with Gasteiger partial charge in [0.1, 0.15) is 0 Å². The molecular formula is C20H31BrN4O2. The van der Waals surface area contributed by atoms with Crippen LogP contribution in [0.4, 0.5) is 0 Å². The number of nitrogens with one attached hydrogen (secondary N) is 2. The SMILES string of the molecule is CN=C(NCc1cc(Br)c(OC)c(OC)c1)NC1CCN(C2CCCC2)C1. The molecule has 1 aromatic rings. The highest BCUT2D eigenvalue weighted by atomic mass is 79.9. The number of halogens is 1. The molecule has 1 saturated heterocycles. The third-order valence-corrected chi connectivity index (χ3v) is 6.17. The van der Waals surface area contributed by atoms with E-state index in [0.29, 0.717) is 18.3 Å². The van der Waals surface area contributed by atoms with E-state index in [2.05, 4.69) is 36.5 Å². The molecule has 1 atom stereocenters. The zero-order chi connectivity index (χ0) is 19.2. The third-order valence-electron chi connectivity index (χ3n) is 5.58. The lowest BCUT2D eigenvalue weighted by atomic mass is 10.2. The number of benzene rings is 1. The van der Waals surface area contributed by atoms with Crippen molar-refractivity contribution in [1.82, 2.24) is 15.5 Å². The van der Waals surface area contributed by atoms with Gasteiger partial charge in [0.15, 0.2) is 17.5 Å². The maximum Gasteiger partial charge on any atom is 0.191 e. The first-order chi connectivity index (χ1) is 13.1. The van der Waals surface area contributed by atoms with Gasteiger partial charge in [-0.05, 0) is 52.9 Å². The molecule has 2 aliphatic rings. The Labute approximate surface area is 170 Å². The minimum absolute atomic E-state index is 0.467. The molecule has 2 fully saturated rings. The first-order valence-electron chi connectivity index (χ1n) is 9.76. The average Bonchev–Trinajstić information content (AvgIpc) is 3.36. The Morgan fingerprint density at radius 1 is 1.22 bits per heavy atom. The Kier molecular flexibility index (Phi) is 7.24. The predicted molar refractivity (Wildman–Crippen MR) is 113 cm³/mol. The lowest BCUT2D eigenvalue weighted by Gasteiger charge is -2.24. The Hall–Kier alpha value is -1.47. The zero-order valence-corrected chi connectivity index (χ0v) is 18.1. The van der Waals surface area contributed by atoms with Gasteiger partial charge in [0.25, 0.3) is 0 Å². The molecule has 1 aliphatic heterocycles. The predicted octanol–water partition coefficient (Wildman–Crippen LogP) is 3.15. The molecule has 1 saturated carbocycles. The maximum absolute atomic E-state index is 5.42. The second kappa shape index (κ2) is 9.64. The molecule has 1 unspecified atom stereocenters. The van der Waals surface area contributed by atoms with Crippen LogP contribution in [0.5, 0.6) is 11.5 Å². The first-order valence-corrected chi connectivity index (χ1v) is 10.6. The number of nitrogens with zero attached hydrogens (tertiary/aromatic N) is 2. The van der Waals surface area contributed by atoms with Gasteiger partial charge in [-0.2, -0.15) is 0 Å². The van der Waals surface area contributed by atoms with Crippen LogP contribution in [0.3, 0.4) is 0 Å². The summed E-state index contributed by atoms with van der Waals surface area (Å²) in [6.45, 7) is 2.98. The molecule has 27 heavy (non-hydrogen) atoms. The molecule has 0 aromatic heterocycles. The molecule has 0 amide bonds. The summed E-state index contributed by atoms with van der Waals surface area (Å²) in [6, 6.07) is 5.30. The zero-order valence-electron chi connectivity index (χ0n) is 16.6. The quantitative estimate of drug-likeness (QED) is 0.527. The minimum atomic E-state index is 0.467. The second-order valence-electron chi connectivity index (χ2n) is 7.30. The summed E-state index contributed by atoms with van der Waals surface area (Å²) in [4.78, 5) is 7.05. The molecule has 3 rings (SSSR count). The molecule has 6 nitrogen and oxygen atoms in total. The summed E-state index contributed by atoms with van der Waals surface area (Å²) in [5, 5.41) is 7.00. The lowest BCUT2D eigenvalue weighted by Crippen LogP contribution is -2.45. The number of rotatable bonds is 6. The fourth-order valence-corrected chi connectivity index (χ4v) is 4.80. The van der Waals surface area contributed by atoms with Crippen LogP contribution in [-0.2, 0) is 6.54 Å². The summed E-state index contributed by atoms with van der Waals surface area (Å²) >= 11 is 3.55.